The maximum atomic E-state index is 14.3. The molecule has 0 saturated heterocycles. The SMILES string of the molecule is CCOc1c(F)cccc1Cn1c(=O)n(C)c2cnc(-n3cnc4ccc(Cl)cc43)nc21. The van der Waals surface area contributed by atoms with Gasteiger partial charge in [-0.15, -0.1) is 0 Å². The molecule has 0 atom stereocenters. The molecule has 0 N–H and O–H groups in total. The number of nitrogens with zero attached hydrogens (tertiary/aromatic N) is 6. The molecule has 0 bridgehead atoms. The normalized spacial score (nSPS) is 11.5. The lowest BCUT2D eigenvalue weighted by atomic mass is 10.2. The first-order chi connectivity index (χ1) is 15.5. The molecule has 0 aliphatic carbocycles. The van der Waals surface area contributed by atoms with Crippen LogP contribution >= 0.6 is 11.6 Å². The first-order valence-corrected chi connectivity index (χ1v) is 10.3. The van der Waals surface area contributed by atoms with Crippen LogP contribution in [0.2, 0.25) is 5.02 Å². The number of fused-ring (bicyclic) bond motifs is 2. The summed E-state index contributed by atoms with van der Waals surface area (Å²) in [5, 5.41) is 0.562. The summed E-state index contributed by atoms with van der Waals surface area (Å²) in [6.45, 7) is 2.18. The number of halogens is 2. The summed E-state index contributed by atoms with van der Waals surface area (Å²) in [5.74, 6) is -0.0102. The smallest absolute Gasteiger partial charge is 0.330 e. The number of hydrogen-bond acceptors (Lipinski definition) is 5. The molecule has 5 rings (SSSR count). The van der Waals surface area contributed by atoms with Gasteiger partial charge in [-0.3, -0.25) is 13.7 Å². The predicted molar refractivity (Wildman–Crippen MR) is 119 cm³/mol. The molecule has 3 aromatic heterocycles. The fourth-order valence-electron chi connectivity index (χ4n) is 3.72. The van der Waals surface area contributed by atoms with Crippen LogP contribution in [0.3, 0.4) is 0 Å². The summed E-state index contributed by atoms with van der Waals surface area (Å²) >= 11 is 6.15. The Kier molecular flexibility index (Phi) is 4.90. The zero-order chi connectivity index (χ0) is 22.4. The summed E-state index contributed by atoms with van der Waals surface area (Å²) < 4.78 is 24.5. The quantitative estimate of drug-likeness (QED) is 0.406. The van der Waals surface area contributed by atoms with Gasteiger partial charge in [-0.2, -0.15) is 4.98 Å². The molecular weight excluding hydrogens is 435 g/mol. The Hall–Kier alpha value is -3.72. The van der Waals surface area contributed by atoms with E-state index in [9.17, 15) is 9.18 Å². The largest absolute Gasteiger partial charge is 0.490 e. The molecule has 162 valence electrons. The number of hydrogen-bond donors (Lipinski definition) is 0. The number of aromatic nitrogens is 6. The number of para-hydroxylation sites is 1. The number of imidazole rings is 2. The molecule has 32 heavy (non-hydrogen) atoms. The van der Waals surface area contributed by atoms with Crippen molar-refractivity contribution in [3.63, 3.8) is 0 Å². The van der Waals surface area contributed by atoms with E-state index in [1.165, 1.54) is 15.2 Å². The van der Waals surface area contributed by atoms with Crippen LogP contribution in [0.1, 0.15) is 12.5 Å². The summed E-state index contributed by atoms with van der Waals surface area (Å²) in [5.41, 5.74) is 2.70. The zero-order valence-corrected chi connectivity index (χ0v) is 18.0. The van der Waals surface area contributed by atoms with E-state index in [-0.39, 0.29) is 18.0 Å². The van der Waals surface area contributed by atoms with Gasteiger partial charge in [0.1, 0.15) is 11.8 Å². The Morgan fingerprint density at radius 2 is 2.00 bits per heavy atom. The van der Waals surface area contributed by atoms with Crippen molar-refractivity contribution >= 4 is 33.8 Å². The van der Waals surface area contributed by atoms with Crippen molar-refractivity contribution in [3.05, 3.63) is 75.8 Å². The molecule has 5 aromatic rings. The molecular formula is C22H18ClFN6O2. The van der Waals surface area contributed by atoms with Crippen LogP contribution in [0.25, 0.3) is 28.1 Å². The molecule has 0 fully saturated rings. The van der Waals surface area contributed by atoms with E-state index in [1.54, 1.807) is 55.3 Å². The zero-order valence-electron chi connectivity index (χ0n) is 17.3. The second-order valence-corrected chi connectivity index (χ2v) is 7.65. The van der Waals surface area contributed by atoms with Gasteiger partial charge in [-0.05, 0) is 31.2 Å². The molecule has 0 aliphatic rings. The molecule has 2 aromatic carbocycles. The van der Waals surface area contributed by atoms with Gasteiger partial charge in [-0.25, -0.2) is 19.2 Å². The van der Waals surface area contributed by atoms with Gasteiger partial charge in [0.05, 0.1) is 30.4 Å². The van der Waals surface area contributed by atoms with Crippen molar-refractivity contribution in [2.24, 2.45) is 7.05 Å². The van der Waals surface area contributed by atoms with Crippen molar-refractivity contribution in [2.45, 2.75) is 13.5 Å². The van der Waals surface area contributed by atoms with Gasteiger partial charge in [-0.1, -0.05) is 23.7 Å². The Balaban J connectivity index is 1.68. The Morgan fingerprint density at radius 1 is 1.16 bits per heavy atom. The molecule has 10 heteroatoms. The van der Waals surface area contributed by atoms with E-state index in [4.69, 9.17) is 16.3 Å². The summed E-state index contributed by atoms with van der Waals surface area (Å²) in [4.78, 5) is 26.4. The van der Waals surface area contributed by atoms with Crippen LogP contribution in [0.5, 0.6) is 5.75 Å². The second kappa shape index (κ2) is 7.76. The van der Waals surface area contributed by atoms with Crippen molar-refractivity contribution in [3.8, 4) is 11.7 Å². The monoisotopic (exact) mass is 452 g/mol. The third-order valence-electron chi connectivity index (χ3n) is 5.26. The summed E-state index contributed by atoms with van der Waals surface area (Å²) in [6, 6.07) is 9.99. The molecule has 0 radical (unpaired) electrons. The third-order valence-corrected chi connectivity index (χ3v) is 5.50. The van der Waals surface area contributed by atoms with Crippen molar-refractivity contribution in [2.75, 3.05) is 6.61 Å². The molecule has 3 heterocycles. The third kappa shape index (κ3) is 3.21. The fraction of sp³-hybridized carbons (Fsp3) is 0.182. The van der Waals surface area contributed by atoms with Crippen LogP contribution in [0, 0.1) is 5.82 Å². The van der Waals surface area contributed by atoms with E-state index >= 15 is 0 Å². The van der Waals surface area contributed by atoms with Gasteiger partial charge >= 0.3 is 5.69 Å². The van der Waals surface area contributed by atoms with E-state index in [1.807, 2.05) is 6.07 Å². The number of rotatable bonds is 5. The highest BCUT2D eigenvalue weighted by Crippen LogP contribution is 2.25. The number of aryl methyl sites for hydroxylation is 1. The van der Waals surface area contributed by atoms with Gasteiger partial charge in [0.15, 0.2) is 17.2 Å². The number of ether oxygens (including phenoxy) is 1. The molecule has 0 unspecified atom stereocenters. The average molecular weight is 453 g/mol. The lowest BCUT2D eigenvalue weighted by Gasteiger charge is -2.11. The Morgan fingerprint density at radius 3 is 2.81 bits per heavy atom. The molecule has 0 aliphatic heterocycles. The van der Waals surface area contributed by atoms with Crippen LogP contribution in [-0.2, 0) is 13.6 Å². The lowest BCUT2D eigenvalue weighted by Crippen LogP contribution is -2.23. The van der Waals surface area contributed by atoms with E-state index in [0.717, 1.165) is 11.0 Å². The fourth-order valence-corrected chi connectivity index (χ4v) is 3.89. The maximum Gasteiger partial charge on any atom is 0.330 e. The minimum absolute atomic E-state index is 0.0935. The molecule has 0 amide bonds. The van der Waals surface area contributed by atoms with Crippen molar-refractivity contribution in [1.29, 1.82) is 0 Å². The number of benzene rings is 2. The van der Waals surface area contributed by atoms with E-state index in [2.05, 4.69) is 15.0 Å². The van der Waals surface area contributed by atoms with E-state index in [0.29, 0.717) is 34.3 Å². The summed E-state index contributed by atoms with van der Waals surface area (Å²) in [7, 11) is 1.64. The van der Waals surface area contributed by atoms with Crippen LogP contribution in [0.15, 0.2) is 53.7 Å². The van der Waals surface area contributed by atoms with Gasteiger partial charge in [0, 0.05) is 17.6 Å². The highest BCUT2D eigenvalue weighted by Gasteiger charge is 2.18. The van der Waals surface area contributed by atoms with Gasteiger partial charge in [0.2, 0.25) is 5.95 Å². The van der Waals surface area contributed by atoms with Crippen molar-refractivity contribution in [1.82, 2.24) is 28.7 Å². The van der Waals surface area contributed by atoms with Crippen molar-refractivity contribution < 1.29 is 9.13 Å². The highest BCUT2D eigenvalue weighted by atomic mass is 35.5. The minimum Gasteiger partial charge on any atom is -0.490 e. The minimum atomic E-state index is -0.477. The molecule has 0 spiro atoms. The maximum absolute atomic E-state index is 14.3. The van der Waals surface area contributed by atoms with E-state index < -0.39 is 5.82 Å². The first-order valence-electron chi connectivity index (χ1n) is 9.93. The topological polar surface area (TPSA) is 79.8 Å². The van der Waals surface area contributed by atoms with Crippen LogP contribution in [-0.4, -0.2) is 35.3 Å². The Labute approximate surface area is 186 Å². The average Bonchev–Trinajstić information content (AvgIpc) is 3.30. The predicted octanol–water partition coefficient (Wildman–Crippen LogP) is 3.71. The Bertz CT molecular complexity index is 1540. The van der Waals surface area contributed by atoms with Crippen LogP contribution in [0.4, 0.5) is 4.39 Å². The molecule has 0 saturated carbocycles. The molecule has 8 nitrogen and oxygen atoms in total. The lowest BCUT2D eigenvalue weighted by molar-refractivity contribution is 0.317. The second-order valence-electron chi connectivity index (χ2n) is 7.22. The standard InChI is InChI=1S/C22H18ClFN6O2/c1-3-32-19-13(5-4-6-15(19)24)11-29-20-18(28(2)22(29)31)10-25-21(27-20)30-12-26-16-8-7-14(23)9-17(16)30/h4-10,12H,3,11H2,1-2H3. The van der Waals surface area contributed by atoms with Gasteiger partial charge in [0.25, 0.3) is 0 Å². The first kappa shape index (κ1) is 20.2. The van der Waals surface area contributed by atoms with Gasteiger partial charge < -0.3 is 4.74 Å². The van der Waals surface area contributed by atoms with Crippen LogP contribution < -0.4 is 10.4 Å². The summed E-state index contributed by atoms with van der Waals surface area (Å²) in [6.07, 6.45) is 3.19. The highest BCUT2D eigenvalue weighted by molar-refractivity contribution is 6.31.